The van der Waals surface area contributed by atoms with E-state index >= 15 is 0 Å². The minimum atomic E-state index is -0.570. The first-order valence-corrected chi connectivity index (χ1v) is 10.0. The molecule has 7 heteroatoms. The highest BCUT2D eigenvalue weighted by molar-refractivity contribution is 7.14. The molecule has 1 aliphatic rings. The van der Waals surface area contributed by atoms with Gasteiger partial charge in [0.2, 0.25) is 5.91 Å². The molecule has 0 spiro atoms. The van der Waals surface area contributed by atoms with Crippen LogP contribution in [0.4, 0.5) is 10.8 Å². The summed E-state index contributed by atoms with van der Waals surface area (Å²) in [4.78, 5) is 31.2. The molecular weight excluding hydrogens is 386 g/mol. The molecule has 0 fully saturated rings. The maximum Gasteiger partial charge on any atom is 0.257 e. The average molecular weight is 407 g/mol. The van der Waals surface area contributed by atoms with Gasteiger partial charge in [-0.25, -0.2) is 4.98 Å². The van der Waals surface area contributed by atoms with E-state index in [0.717, 1.165) is 22.5 Å². The Kier molecular flexibility index (Phi) is 4.62. The first-order valence-electron chi connectivity index (χ1n) is 9.15. The second-order valence-electron chi connectivity index (χ2n) is 7.45. The lowest BCUT2D eigenvalue weighted by atomic mass is 9.85. The fraction of sp³-hybridized carbons (Fsp3) is 0.227. The van der Waals surface area contributed by atoms with Crippen molar-refractivity contribution in [2.24, 2.45) is 0 Å². The van der Waals surface area contributed by atoms with Crippen LogP contribution in [0.5, 0.6) is 5.75 Å². The molecule has 0 unspecified atom stereocenters. The van der Waals surface area contributed by atoms with Gasteiger partial charge in [0.1, 0.15) is 5.75 Å². The number of benzene rings is 2. The molecule has 0 aliphatic carbocycles. The minimum Gasteiger partial charge on any atom is -0.497 e. The number of nitrogens with zero attached hydrogens (tertiary/aromatic N) is 2. The summed E-state index contributed by atoms with van der Waals surface area (Å²) >= 11 is 1.36. The number of nitrogens with one attached hydrogen (secondary N) is 1. The van der Waals surface area contributed by atoms with Crippen LogP contribution in [0, 0.1) is 0 Å². The molecule has 0 saturated heterocycles. The van der Waals surface area contributed by atoms with E-state index in [1.807, 2.05) is 37.4 Å². The van der Waals surface area contributed by atoms with Crippen LogP contribution in [0.3, 0.4) is 0 Å². The van der Waals surface area contributed by atoms with Crippen LogP contribution in [-0.2, 0) is 10.2 Å². The highest BCUT2D eigenvalue weighted by Gasteiger charge is 2.42. The predicted octanol–water partition coefficient (Wildman–Crippen LogP) is 4.33. The summed E-state index contributed by atoms with van der Waals surface area (Å²) in [6, 6.07) is 12.9. The van der Waals surface area contributed by atoms with Crippen molar-refractivity contribution < 1.29 is 14.3 Å². The Balaban J connectivity index is 1.58. The Morgan fingerprint density at radius 3 is 2.76 bits per heavy atom. The molecule has 2 aromatic carbocycles. The Labute approximate surface area is 173 Å². The van der Waals surface area contributed by atoms with Crippen molar-refractivity contribution in [3.05, 3.63) is 59.0 Å². The standard InChI is InChI=1S/C22H21N3O3S/c1-22(2)16-11-13(8-9-18(16)25(3)20(22)27)17-12-29-21(23-17)24-19(26)14-6-5-7-15(10-14)28-4/h5-12H,1-4H3,(H,23,24,26). The highest BCUT2D eigenvalue weighted by atomic mass is 32.1. The van der Waals surface area contributed by atoms with E-state index < -0.39 is 5.41 Å². The van der Waals surface area contributed by atoms with Gasteiger partial charge in [-0.2, -0.15) is 0 Å². The number of amides is 2. The average Bonchev–Trinajstić information content (AvgIpc) is 3.26. The number of hydrogen-bond donors (Lipinski definition) is 1. The lowest BCUT2D eigenvalue weighted by Gasteiger charge is -2.16. The zero-order valence-corrected chi connectivity index (χ0v) is 17.5. The Morgan fingerprint density at radius 2 is 2.00 bits per heavy atom. The van der Waals surface area contributed by atoms with Crippen LogP contribution in [-0.4, -0.2) is 31.0 Å². The topological polar surface area (TPSA) is 71.5 Å². The molecule has 3 aromatic rings. The van der Waals surface area contributed by atoms with Crippen molar-refractivity contribution in [3.63, 3.8) is 0 Å². The largest absolute Gasteiger partial charge is 0.497 e. The van der Waals surface area contributed by atoms with Crippen LogP contribution in [0.1, 0.15) is 29.8 Å². The second kappa shape index (κ2) is 7.00. The summed E-state index contributed by atoms with van der Waals surface area (Å²) in [7, 11) is 3.36. The normalized spacial score (nSPS) is 14.6. The van der Waals surface area contributed by atoms with Gasteiger partial charge in [-0.15, -0.1) is 11.3 Å². The molecule has 0 saturated carbocycles. The molecule has 1 aliphatic heterocycles. The van der Waals surface area contributed by atoms with Gasteiger partial charge in [0, 0.05) is 29.2 Å². The van der Waals surface area contributed by atoms with Gasteiger partial charge in [0.15, 0.2) is 5.13 Å². The Morgan fingerprint density at radius 1 is 1.21 bits per heavy atom. The third kappa shape index (κ3) is 3.27. The third-order valence-corrected chi connectivity index (χ3v) is 5.98. The van der Waals surface area contributed by atoms with Gasteiger partial charge in [-0.3, -0.25) is 14.9 Å². The van der Waals surface area contributed by atoms with Crippen molar-refractivity contribution >= 4 is 34.0 Å². The number of aromatic nitrogens is 1. The van der Waals surface area contributed by atoms with E-state index in [1.165, 1.54) is 11.3 Å². The number of thiazole rings is 1. The molecule has 0 radical (unpaired) electrons. The zero-order valence-electron chi connectivity index (χ0n) is 16.6. The second-order valence-corrected chi connectivity index (χ2v) is 8.30. The molecule has 29 heavy (non-hydrogen) atoms. The fourth-order valence-electron chi connectivity index (χ4n) is 3.53. The van der Waals surface area contributed by atoms with Crippen molar-refractivity contribution in [1.82, 2.24) is 4.98 Å². The summed E-state index contributed by atoms with van der Waals surface area (Å²) in [5.74, 6) is 0.457. The van der Waals surface area contributed by atoms with E-state index in [4.69, 9.17) is 4.74 Å². The molecule has 1 aromatic heterocycles. The Bertz CT molecular complexity index is 1120. The molecule has 0 bridgehead atoms. The number of anilines is 2. The summed E-state index contributed by atoms with van der Waals surface area (Å²) in [6.45, 7) is 3.87. The number of carbonyl (C=O) groups is 2. The molecule has 6 nitrogen and oxygen atoms in total. The fourth-order valence-corrected chi connectivity index (χ4v) is 4.24. The number of hydrogen-bond acceptors (Lipinski definition) is 5. The summed E-state index contributed by atoms with van der Waals surface area (Å²) in [6.07, 6.45) is 0. The highest BCUT2D eigenvalue weighted by Crippen LogP contribution is 2.42. The van der Waals surface area contributed by atoms with Crippen molar-refractivity contribution in [1.29, 1.82) is 0 Å². The van der Waals surface area contributed by atoms with E-state index in [0.29, 0.717) is 16.4 Å². The van der Waals surface area contributed by atoms with Crippen molar-refractivity contribution in [2.75, 3.05) is 24.4 Å². The molecular formula is C22H21N3O3S. The van der Waals surface area contributed by atoms with Crippen LogP contribution in [0.15, 0.2) is 47.8 Å². The van der Waals surface area contributed by atoms with Gasteiger partial charge in [0.25, 0.3) is 5.91 Å². The van der Waals surface area contributed by atoms with E-state index in [-0.39, 0.29) is 11.8 Å². The monoisotopic (exact) mass is 407 g/mol. The number of rotatable bonds is 4. The van der Waals surface area contributed by atoms with Crippen LogP contribution < -0.4 is 15.0 Å². The predicted molar refractivity (Wildman–Crippen MR) is 115 cm³/mol. The third-order valence-electron chi connectivity index (χ3n) is 5.22. The van der Waals surface area contributed by atoms with Gasteiger partial charge in [0.05, 0.1) is 18.2 Å². The summed E-state index contributed by atoms with van der Waals surface area (Å²) in [5, 5.41) is 5.25. The maximum absolute atomic E-state index is 12.5. The number of fused-ring (bicyclic) bond motifs is 1. The zero-order chi connectivity index (χ0) is 20.8. The van der Waals surface area contributed by atoms with Crippen LogP contribution in [0.25, 0.3) is 11.3 Å². The molecule has 0 atom stereocenters. The Hall–Kier alpha value is -3.19. The van der Waals surface area contributed by atoms with Crippen LogP contribution >= 0.6 is 11.3 Å². The number of methoxy groups -OCH3 is 1. The summed E-state index contributed by atoms with van der Waals surface area (Å²) < 4.78 is 5.17. The smallest absolute Gasteiger partial charge is 0.257 e. The molecule has 2 heterocycles. The van der Waals surface area contributed by atoms with Gasteiger partial charge in [-0.1, -0.05) is 12.1 Å². The minimum absolute atomic E-state index is 0.0779. The lowest BCUT2D eigenvalue weighted by molar-refractivity contribution is -0.121. The first-order chi connectivity index (χ1) is 13.8. The van der Waals surface area contributed by atoms with Gasteiger partial charge >= 0.3 is 0 Å². The maximum atomic E-state index is 12.5. The van der Waals surface area contributed by atoms with Gasteiger partial charge in [-0.05, 0) is 49.7 Å². The first kappa shape index (κ1) is 19.1. The van der Waals surface area contributed by atoms with Crippen molar-refractivity contribution in [2.45, 2.75) is 19.3 Å². The SMILES string of the molecule is COc1cccc(C(=O)Nc2nc(-c3ccc4c(c3)C(C)(C)C(=O)N4C)cs2)c1. The van der Waals surface area contributed by atoms with E-state index in [2.05, 4.69) is 10.3 Å². The number of ether oxygens (including phenoxy) is 1. The lowest BCUT2D eigenvalue weighted by Crippen LogP contribution is -2.33. The van der Waals surface area contributed by atoms with Crippen LogP contribution in [0.2, 0.25) is 0 Å². The quantitative estimate of drug-likeness (QED) is 0.699. The molecule has 4 rings (SSSR count). The van der Waals surface area contributed by atoms with E-state index in [9.17, 15) is 9.59 Å². The summed E-state index contributed by atoms with van der Waals surface area (Å²) in [5.41, 5.74) is 3.51. The number of carbonyl (C=O) groups excluding carboxylic acids is 2. The van der Waals surface area contributed by atoms with E-state index in [1.54, 1.807) is 43.3 Å². The van der Waals surface area contributed by atoms with Crippen molar-refractivity contribution in [3.8, 4) is 17.0 Å². The molecule has 148 valence electrons. The molecule has 1 N–H and O–H groups in total. The van der Waals surface area contributed by atoms with Gasteiger partial charge < -0.3 is 9.64 Å². The molecule has 2 amide bonds. The number of likely N-dealkylation sites (N-methyl/N-ethyl adjacent to an activating group) is 1.